The van der Waals surface area contributed by atoms with Gasteiger partial charge >= 0.3 is 6.18 Å². The van der Waals surface area contributed by atoms with Gasteiger partial charge in [-0.3, -0.25) is 0 Å². The van der Waals surface area contributed by atoms with E-state index in [1.807, 2.05) is 0 Å². The highest BCUT2D eigenvalue weighted by atomic mass is 32.2. The largest absolute Gasteiger partial charge is 0.404 e. The zero-order valence-corrected chi connectivity index (χ0v) is 12.4. The van der Waals surface area contributed by atoms with Crippen LogP contribution in [0.3, 0.4) is 0 Å². The van der Waals surface area contributed by atoms with Crippen LogP contribution >= 0.6 is 11.8 Å². The van der Waals surface area contributed by atoms with Crippen molar-refractivity contribution >= 4 is 11.8 Å². The number of rotatable bonds is 4. The minimum atomic E-state index is -4.38. The highest BCUT2D eigenvalue weighted by Gasteiger charge is 2.61. The summed E-state index contributed by atoms with van der Waals surface area (Å²) >= 11 is 1.72. The Morgan fingerprint density at radius 3 is 2.71 bits per heavy atom. The Kier molecular flexibility index (Phi) is 4.18. The molecule has 118 valence electrons. The second-order valence-corrected chi connectivity index (χ2v) is 7.03. The summed E-state index contributed by atoms with van der Waals surface area (Å²) in [5.74, 6) is 0.606. The number of hydrogen-bond donors (Lipinski definition) is 1. The Hall–Kier alpha value is -0.760. The second kappa shape index (κ2) is 5.79. The molecule has 1 N–H and O–H groups in total. The normalized spacial score (nSPS) is 27.6. The van der Waals surface area contributed by atoms with Gasteiger partial charge in [-0.2, -0.15) is 29.9 Å². The average molecular weight is 321 g/mol. The van der Waals surface area contributed by atoms with Crippen LogP contribution in [0.2, 0.25) is 0 Å². The minimum Gasteiger partial charge on any atom is -0.338 e. The van der Waals surface area contributed by atoms with E-state index in [-0.39, 0.29) is 18.9 Å². The van der Waals surface area contributed by atoms with E-state index in [1.165, 1.54) is 25.7 Å². The van der Waals surface area contributed by atoms with Gasteiger partial charge in [0.25, 0.3) is 0 Å². The maximum atomic E-state index is 13.4. The van der Waals surface area contributed by atoms with Crippen LogP contribution in [0.25, 0.3) is 0 Å². The van der Waals surface area contributed by atoms with Gasteiger partial charge in [-0.05, 0) is 25.8 Å². The zero-order valence-electron chi connectivity index (χ0n) is 11.6. The molecule has 8 heteroatoms. The molecule has 2 fully saturated rings. The van der Waals surface area contributed by atoms with E-state index in [4.69, 9.17) is 4.52 Å². The third kappa shape index (κ3) is 2.92. The standard InChI is InChI=1S/C13H18F3N3OS/c14-13(15,16)12(5-6-17-8-12)11-18-10(19-20-11)7-21-9-3-1-2-4-9/h9,17H,1-8H2. The zero-order chi connectivity index (χ0) is 14.9. The van der Waals surface area contributed by atoms with Crippen LogP contribution in [0, 0.1) is 0 Å². The summed E-state index contributed by atoms with van der Waals surface area (Å²) in [7, 11) is 0. The number of nitrogens with one attached hydrogen (secondary N) is 1. The van der Waals surface area contributed by atoms with Gasteiger partial charge in [0, 0.05) is 11.8 Å². The summed E-state index contributed by atoms with van der Waals surface area (Å²) in [4.78, 5) is 4.03. The molecule has 21 heavy (non-hydrogen) atoms. The molecule has 1 saturated carbocycles. The first-order valence-electron chi connectivity index (χ1n) is 7.23. The molecule has 3 rings (SSSR count). The van der Waals surface area contributed by atoms with E-state index in [2.05, 4.69) is 15.5 Å². The van der Waals surface area contributed by atoms with Gasteiger partial charge in [-0.1, -0.05) is 18.0 Å². The summed E-state index contributed by atoms with van der Waals surface area (Å²) in [6.07, 6.45) is 0.389. The Bertz CT molecular complexity index is 479. The van der Waals surface area contributed by atoms with Crippen molar-refractivity contribution in [3.05, 3.63) is 11.7 Å². The predicted molar refractivity (Wildman–Crippen MR) is 73.1 cm³/mol. The first-order valence-corrected chi connectivity index (χ1v) is 8.28. The molecule has 1 saturated heterocycles. The van der Waals surface area contributed by atoms with Gasteiger partial charge in [-0.15, -0.1) is 0 Å². The van der Waals surface area contributed by atoms with Gasteiger partial charge in [0.05, 0.1) is 5.75 Å². The van der Waals surface area contributed by atoms with E-state index in [9.17, 15) is 13.2 Å². The molecule has 2 heterocycles. The van der Waals surface area contributed by atoms with E-state index in [0.29, 0.717) is 23.4 Å². The smallest absolute Gasteiger partial charge is 0.338 e. The molecule has 4 nitrogen and oxygen atoms in total. The lowest BCUT2D eigenvalue weighted by atomic mass is 9.86. The van der Waals surface area contributed by atoms with Crippen LogP contribution in [0.5, 0.6) is 0 Å². The lowest BCUT2D eigenvalue weighted by molar-refractivity contribution is -0.191. The highest BCUT2D eigenvalue weighted by molar-refractivity contribution is 7.99. The summed E-state index contributed by atoms with van der Waals surface area (Å²) in [5, 5.41) is 7.08. The van der Waals surface area contributed by atoms with Crippen molar-refractivity contribution in [1.29, 1.82) is 0 Å². The first kappa shape index (κ1) is 15.1. The lowest BCUT2D eigenvalue weighted by Gasteiger charge is -2.26. The quantitative estimate of drug-likeness (QED) is 0.924. The summed E-state index contributed by atoms with van der Waals surface area (Å²) in [6, 6.07) is 0. The summed E-state index contributed by atoms with van der Waals surface area (Å²) < 4.78 is 45.1. The van der Waals surface area contributed by atoms with Crippen LogP contribution in [-0.4, -0.2) is 34.7 Å². The van der Waals surface area contributed by atoms with Gasteiger partial charge < -0.3 is 9.84 Å². The lowest BCUT2D eigenvalue weighted by Crippen LogP contribution is -2.44. The highest BCUT2D eigenvalue weighted by Crippen LogP contribution is 2.44. The molecule has 0 radical (unpaired) electrons. The Balaban J connectivity index is 1.70. The van der Waals surface area contributed by atoms with E-state index >= 15 is 0 Å². The molecule has 1 atom stereocenters. The molecule has 0 aromatic carbocycles. The Labute approximate surface area is 125 Å². The summed E-state index contributed by atoms with van der Waals surface area (Å²) in [6.45, 7) is 0.127. The fourth-order valence-corrected chi connectivity index (χ4v) is 4.16. The Morgan fingerprint density at radius 2 is 2.10 bits per heavy atom. The van der Waals surface area contributed by atoms with E-state index in [1.54, 1.807) is 11.8 Å². The molecule has 1 aliphatic heterocycles. The number of halogens is 3. The van der Waals surface area contributed by atoms with Crippen molar-refractivity contribution in [1.82, 2.24) is 15.5 Å². The molecule has 2 aliphatic rings. The molecular formula is C13H18F3N3OS. The van der Waals surface area contributed by atoms with Crippen molar-refractivity contribution in [3.8, 4) is 0 Å². The predicted octanol–water partition coefficient (Wildman–Crippen LogP) is 3.04. The van der Waals surface area contributed by atoms with Gasteiger partial charge in [0.1, 0.15) is 0 Å². The molecule has 1 aliphatic carbocycles. The molecule has 1 aromatic rings. The van der Waals surface area contributed by atoms with E-state index in [0.717, 1.165) is 0 Å². The maximum absolute atomic E-state index is 13.4. The van der Waals surface area contributed by atoms with Crippen molar-refractivity contribution < 1.29 is 17.7 Å². The Morgan fingerprint density at radius 1 is 1.33 bits per heavy atom. The number of thioether (sulfide) groups is 1. The third-order valence-electron chi connectivity index (χ3n) is 4.33. The van der Waals surface area contributed by atoms with Crippen LogP contribution in [0.1, 0.15) is 43.8 Å². The minimum absolute atomic E-state index is 0.0477. The topological polar surface area (TPSA) is 51.0 Å². The van der Waals surface area contributed by atoms with Crippen molar-refractivity contribution in [2.45, 2.75) is 54.7 Å². The van der Waals surface area contributed by atoms with Crippen LogP contribution < -0.4 is 5.32 Å². The van der Waals surface area contributed by atoms with Crippen LogP contribution in [0.4, 0.5) is 13.2 Å². The van der Waals surface area contributed by atoms with Crippen molar-refractivity contribution in [3.63, 3.8) is 0 Å². The number of hydrogen-bond acceptors (Lipinski definition) is 5. The molecule has 0 spiro atoms. The molecular weight excluding hydrogens is 303 g/mol. The van der Waals surface area contributed by atoms with Gasteiger partial charge in [-0.25, -0.2) is 0 Å². The van der Waals surface area contributed by atoms with Crippen molar-refractivity contribution in [2.75, 3.05) is 13.1 Å². The maximum Gasteiger partial charge on any atom is 0.404 e. The van der Waals surface area contributed by atoms with Crippen LogP contribution in [0.15, 0.2) is 4.52 Å². The fraction of sp³-hybridized carbons (Fsp3) is 0.846. The second-order valence-electron chi connectivity index (χ2n) is 5.74. The van der Waals surface area contributed by atoms with Gasteiger partial charge in [0.15, 0.2) is 11.2 Å². The van der Waals surface area contributed by atoms with Crippen molar-refractivity contribution in [2.24, 2.45) is 0 Å². The number of nitrogens with zero attached hydrogens (tertiary/aromatic N) is 2. The SMILES string of the molecule is FC(F)(F)C1(c2nc(CSC3CCCC3)no2)CCNC1. The molecule has 1 aromatic heterocycles. The van der Waals surface area contributed by atoms with Crippen LogP contribution in [-0.2, 0) is 11.2 Å². The molecule has 0 bridgehead atoms. The number of alkyl halides is 3. The molecule has 0 amide bonds. The summed E-state index contributed by atoms with van der Waals surface area (Å²) in [5.41, 5.74) is -2.02. The van der Waals surface area contributed by atoms with Gasteiger partial charge in [0.2, 0.25) is 5.89 Å². The average Bonchev–Trinajstić information content (AvgIpc) is 3.17. The first-order chi connectivity index (χ1) is 10.0. The number of aromatic nitrogens is 2. The van der Waals surface area contributed by atoms with E-state index < -0.39 is 11.6 Å². The fourth-order valence-electron chi connectivity index (χ4n) is 2.99. The third-order valence-corrected chi connectivity index (χ3v) is 5.69. The monoisotopic (exact) mass is 321 g/mol. The molecule has 1 unspecified atom stereocenters.